The highest BCUT2D eigenvalue weighted by Gasteiger charge is 2.18. The van der Waals surface area contributed by atoms with E-state index in [1.165, 1.54) is 12.0 Å². The summed E-state index contributed by atoms with van der Waals surface area (Å²) in [4.78, 5) is 18.5. The fraction of sp³-hybridized carbons (Fsp3) is 0.211. The Hall–Kier alpha value is -3.35. The molecule has 0 unspecified atom stereocenters. The summed E-state index contributed by atoms with van der Waals surface area (Å²) in [6, 6.07) is 14.5. The van der Waals surface area contributed by atoms with Gasteiger partial charge in [0.1, 0.15) is 0 Å². The van der Waals surface area contributed by atoms with E-state index in [9.17, 15) is 4.79 Å². The van der Waals surface area contributed by atoms with Gasteiger partial charge in [0.2, 0.25) is 11.7 Å². The molecule has 134 valence electrons. The highest BCUT2D eigenvalue weighted by molar-refractivity contribution is 5.94. The van der Waals surface area contributed by atoms with Crippen molar-refractivity contribution in [3.8, 4) is 22.9 Å². The predicted molar refractivity (Wildman–Crippen MR) is 95.1 cm³/mol. The Kier molecular flexibility index (Phi) is 5.17. The molecule has 0 saturated carbocycles. The van der Waals surface area contributed by atoms with Crippen LogP contribution in [0.25, 0.3) is 11.4 Å². The smallest absolute Gasteiger partial charge is 0.254 e. The van der Waals surface area contributed by atoms with Crippen LogP contribution in [0.3, 0.4) is 0 Å². The number of carbonyl (C=O) groups is 1. The number of aromatic nitrogens is 2. The fourth-order valence-electron chi connectivity index (χ4n) is 2.49. The van der Waals surface area contributed by atoms with Gasteiger partial charge in [0.15, 0.2) is 11.5 Å². The molecular weight excluding hydrogens is 334 g/mol. The monoisotopic (exact) mass is 353 g/mol. The quantitative estimate of drug-likeness (QED) is 0.678. The second kappa shape index (κ2) is 7.69. The van der Waals surface area contributed by atoms with Gasteiger partial charge in [0, 0.05) is 18.2 Å². The van der Waals surface area contributed by atoms with E-state index >= 15 is 0 Å². The van der Waals surface area contributed by atoms with Gasteiger partial charge in [-0.2, -0.15) is 4.98 Å². The summed E-state index contributed by atoms with van der Waals surface area (Å²) in [5.74, 6) is 1.73. The van der Waals surface area contributed by atoms with Crippen molar-refractivity contribution in [3.63, 3.8) is 0 Å². The average molecular weight is 353 g/mol. The van der Waals surface area contributed by atoms with Gasteiger partial charge in [-0.1, -0.05) is 35.5 Å². The van der Waals surface area contributed by atoms with Crippen LogP contribution < -0.4 is 9.47 Å². The number of hydrogen-bond acceptors (Lipinski definition) is 6. The van der Waals surface area contributed by atoms with Crippen molar-refractivity contribution in [2.24, 2.45) is 0 Å². The van der Waals surface area contributed by atoms with Gasteiger partial charge in [0.25, 0.3) is 5.91 Å². The number of benzene rings is 2. The molecule has 1 aromatic heterocycles. The molecule has 0 aliphatic rings. The molecule has 7 heteroatoms. The van der Waals surface area contributed by atoms with Crippen LogP contribution in [0.1, 0.15) is 16.2 Å². The standard InChI is InChI=1S/C19H19N3O4/c1-22(19(23)14-9-10-15(24-2)16(11-14)25-3)12-17-20-18(21-26-17)13-7-5-4-6-8-13/h4-11H,12H2,1-3H3. The summed E-state index contributed by atoms with van der Waals surface area (Å²) in [6.07, 6.45) is 0. The molecule has 0 bridgehead atoms. The van der Waals surface area contributed by atoms with Gasteiger partial charge in [-0.3, -0.25) is 4.79 Å². The van der Waals surface area contributed by atoms with Gasteiger partial charge in [-0.05, 0) is 18.2 Å². The third kappa shape index (κ3) is 3.66. The SMILES string of the molecule is COc1ccc(C(=O)N(C)Cc2nc(-c3ccccc3)no2)cc1OC. The summed E-state index contributed by atoms with van der Waals surface area (Å²) in [7, 11) is 4.75. The van der Waals surface area contributed by atoms with Gasteiger partial charge in [-0.15, -0.1) is 0 Å². The van der Waals surface area contributed by atoms with Crippen molar-refractivity contribution in [2.45, 2.75) is 6.54 Å². The van der Waals surface area contributed by atoms with Crippen LogP contribution in [0.15, 0.2) is 53.1 Å². The van der Waals surface area contributed by atoms with Crippen molar-refractivity contribution < 1.29 is 18.8 Å². The lowest BCUT2D eigenvalue weighted by Crippen LogP contribution is -2.26. The van der Waals surface area contributed by atoms with E-state index in [2.05, 4.69) is 10.1 Å². The minimum atomic E-state index is -0.189. The Morgan fingerprint density at radius 3 is 2.50 bits per heavy atom. The number of hydrogen-bond donors (Lipinski definition) is 0. The molecule has 0 spiro atoms. The van der Waals surface area contributed by atoms with Crippen molar-refractivity contribution in [1.29, 1.82) is 0 Å². The maximum atomic E-state index is 12.6. The molecule has 0 N–H and O–H groups in total. The Morgan fingerprint density at radius 1 is 1.08 bits per heavy atom. The van der Waals surface area contributed by atoms with Crippen LogP contribution in [0.5, 0.6) is 11.5 Å². The molecule has 0 aliphatic heterocycles. The molecule has 3 rings (SSSR count). The van der Waals surface area contributed by atoms with Crippen LogP contribution in [-0.4, -0.2) is 42.2 Å². The predicted octanol–water partition coefficient (Wildman–Crippen LogP) is 3.03. The van der Waals surface area contributed by atoms with E-state index in [-0.39, 0.29) is 12.5 Å². The fourth-order valence-corrected chi connectivity index (χ4v) is 2.49. The highest BCUT2D eigenvalue weighted by Crippen LogP contribution is 2.28. The van der Waals surface area contributed by atoms with E-state index in [4.69, 9.17) is 14.0 Å². The Balaban J connectivity index is 1.73. The molecule has 0 atom stereocenters. The summed E-state index contributed by atoms with van der Waals surface area (Å²) >= 11 is 0. The lowest BCUT2D eigenvalue weighted by molar-refractivity contribution is 0.0769. The van der Waals surface area contributed by atoms with Crippen molar-refractivity contribution >= 4 is 5.91 Å². The van der Waals surface area contributed by atoms with E-state index in [0.717, 1.165) is 5.56 Å². The third-order valence-corrected chi connectivity index (χ3v) is 3.85. The number of amides is 1. The first-order valence-corrected chi connectivity index (χ1v) is 7.98. The Bertz CT molecular complexity index is 893. The highest BCUT2D eigenvalue weighted by atomic mass is 16.5. The topological polar surface area (TPSA) is 77.7 Å². The molecule has 1 heterocycles. The number of carbonyl (C=O) groups excluding carboxylic acids is 1. The number of methoxy groups -OCH3 is 2. The third-order valence-electron chi connectivity index (χ3n) is 3.85. The molecule has 0 aliphatic carbocycles. The van der Waals surface area contributed by atoms with Gasteiger partial charge in [-0.25, -0.2) is 0 Å². The maximum Gasteiger partial charge on any atom is 0.254 e. The first-order chi connectivity index (χ1) is 12.6. The minimum absolute atomic E-state index is 0.189. The minimum Gasteiger partial charge on any atom is -0.493 e. The second-order valence-corrected chi connectivity index (χ2v) is 5.61. The molecule has 0 saturated heterocycles. The normalized spacial score (nSPS) is 10.4. The van der Waals surface area contributed by atoms with Crippen LogP contribution in [0.2, 0.25) is 0 Å². The molecule has 2 aromatic carbocycles. The van der Waals surface area contributed by atoms with Crippen LogP contribution in [-0.2, 0) is 6.54 Å². The molecule has 7 nitrogen and oxygen atoms in total. The van der Waals surface area contributed by atoms with Crippen molar-refractivity contribution in [2.75, 3.05) is 21.3 Å². The van der Waals surface area contributed by atoms with Gasteiger partial charge < -0.3 is 18.9 Å². The van der Waals surface area contributed by atoms with Gasteiger partial charge in [0.05, 0.1) is 20.8 Å². The van der Waals surface area contributed by atoms with Crippen LogP contribution in [0, 0.1) is 0 Å². The van der Waals surface area contributed by atoms with E-state index in [1.54, 1.807) is 32.4 Å². The van der Waals surface area contributed by atoms with E-state index in [1.807, 2.05) is 30.3 Å². The largest absolute Gasteiger partial charge is 0.493 e. The molecule has 1 amide bonds. The van der Waals surface area contributed by atoms with E-state index < -0.39 is 0 Å². The van der Waals surface area contributed by atoms with Crippen molar-refractivity contribution in [1.82, 2.24) is 15.0 Å². The average Bonchev–Trinajstić information content (AvgIpc) is 3.16. The number of rotatable bonds is 6. The first kappa shape index (κ1) is 17.5. The molecule has 0 radical (unpaired) electrons. The zero-order valence-corrected chi connectivity index (χ0v) is 14.8. The number of ether oxygens (including phenoxy) is 2. The molecule has 3 aromatic rings. The molecule has 26 heavy (non-hydrogen) atoms. The summed E-state index contributed by atoms with van der Waals surface area (Å²) in [6.45, 7) is 0.201. The zero-order chi connectivity index (χ0) is 18.5. The van der Waals surface area contributed by atoms with Gasteiger partial charge >= 0.3 is 0 Å². The van der Waals surface area contributed by atoms with E-state index in [0.29, 0.717) is 28.8 Å². The summed E-state index contributed by atoms with van der Waals surface area (Å²) in [5.41, 5.74) is 1.34. The van der Waals surface area contributed by atoms with Crippen LogP contribution in [0.4, 0.5) is 0 Å². The first-order valence-electron chi connectivity index (χ1n) is 7.98. The zero-order valence-electron chi connectivity index (χ0n) is 14.8. The molecular formula is C19H19N3O4. The Labute approximate surface area is 151 Å². The maximum absolute atomic E-state index is 12.6. The van der Waals surface area contributed by atoms with Crippen molar-refractivity contribution in [3.05, 3.63) is 60.0 Å². The summed E-state index contributed by atoms with van der Waals surface area (Å²) < 4.78 is 15.7. The van der Waals surface area contributed by atoms with Crippen LogP contribution >= 0.6 is 0 Å². The Morgan fingerprint density at radius 2 is 1.81 bits per heavy atom. The lowest BCUT2D eigenvalue weighted by Gasteiger charge is -2.16. The summed E-state index contributed by atoms with van der Waals surface area (Å²) in [5, 5.41) is 3.96. The number of nitrogens with zero attached hydrogens (tertiary/aromatic N) is 3. The second-order valence-electron chi connectivity index (χ2n) is 5.61. The molecule has 0 fully saturated rings. The lowest BCUT2D eigenvalue weighted by atomic mass is 10.1.